The lowest BCUT2D eigenvalue weighted by Gasteiger charge is -2.11. The molecule has 0 bridgehead atoms. The lowest BCUT2D eigenvalue weighted by atomic mass is 10.2. The smallest absolute Gasteiger partial charge is 0.293 e. The Morgan fingerprint density at radius 3 is 3.00 bits per heavy atom. The van der Waals surface area contributed by atoms with Gasteiger partial charge in [-0.15, -0.1) is 11.7 Å². The normalized spacial score (nSPS) is 10.2. The Kier molecular flexibility index (Phi) is 3.75. The quantitative estimate of drug-likeness (QED) is 0.784. The number of hydrogen-bond acceptors (Lipinski definition) is 3. The highest BCUT2D eigenvalue weighted by atomic mass is 16.2. The molecule has 19 heavy (non-hydrogen) atoms. The maximum absolute atomic E-state index is 12.0. The summed E-state index contributed by atoms with van der Waals surface area (Å²) < 4.78 is 1.60. The van der Waals surface area contributed by atoms with Gasteiger partial charge >= 0.3 is 0 Å². The molecule has 98 valence electrons. The molecule has 5 heteroatoms. The molecule has 1 aromatic carbocycles. The molecule has 1 amide bonds. The zero-order chi connectivity index (χ0) is 13.8. The van der Waals surface area contributed by atoms with E-state index in [1.165, 1.54) is 4.90 Å². The number of rotatable bonds is 4. The molecule has 1 heterocycles. The van der Waals surface area contributed by atoms with Crippen LogP contribution in [0, 0.1) is 6.92 Å². The van der Waals surface area contributed by atoms with Crippen molar-refractivity contribution in [3.63, 3.8) is 0 Å². The summed E-state index contributed by atoms with van der Waals surface area (Å²) in [5.74, 6) is -0.0304. The molecule has 0 saturated carbocycles. The fraction of sp³-hybridized carbons (Fsp3) is 0.214. The standard InChI is InChI=1S/C14H16N4O/c1-4-8-17(3)14(19)13-15-10-18(16-13)12-7-5-6-11(2)9-12/h4-7,9-10H,1,8H2,2-3H3. The predicted molar refractivity (Wildman–Crippen MR) is 73.3 cm³/mol. The van der Waals surface area contributed by atoms with Crippen molar-refractivity contribution in [2.75, 3.05) is 13.6 Å². The Balaban J connectivity index is 2.24. The highest BCUT2D eigenvalue weighted by Gasteiger charge is 2.15. The average Bonchev–Trinajstić information content (AvgIpc) is 2.87. The number of hydrogen-bond donors (Lipinski definition) is 0. The zero-order valence-electron chi connectivity index (χ0n) is 11.1. The fourth-order valence-electron chi connectivity index (χ4n) is 1.70. The van der Waals surface area contributed by atoms with Gasteiger partial charge in [0.1, 0.15) is 6.33 Å². The van der Waals surface area contributed by atoms with Crippen LogP contribution in [0.3, 0.4) is 0 Å². The molecule has 0 atom stereocenters. The van der Waals surface area contributed by atoms with Gasteiger partial charge in [-0.25, -0.2) is 9.67 Å². The van der Waals surface area contributed by atoms with Gasteiger partial charge in [-0.1, -0.05) is 18.2 Å². The number of aryl methyl sites for hydroxylation is 1. The van der Waals surface area contributed by atoms with Gasteiger partial charge in [0.2, 0.25) is 5.82 Å². The molecule has 0 unspecified atom stereocenters. The zero-order valence-corrected chi connectivity index (χ0v) is 11.1. The van der Waals surface area contributed by atoms with Crippen molar-refractivity contribution >= 4 is 5.91 Å². The lowest BCUT2D eigenvalue weighted by molar-refractivity contribution is 0.0798. The van der Waals surface area contributed by atoms with Gasteiger partial charge in [0.05, 0.1) is 5.69 Å². The summed E-state index contributed by atoms with van der Waals surface area (Å²) in [7, 11) is 1.69. The van der Waals surface area contributed by atoms with Gasteiger partial charge < -0.3 is 4.90 Å². The summed E-state index contributed by atoms with van der Waals surface area (Å²) in [6.45, 7) is 6.07. The first-order valence-corrected chi connectivity index (χ1v) is 5.97. The molecule has 2 aromatic rings. The van der Waals surface area contributed by atoms with Crippen LogP contribution in [0.1, 0.15) is 16.2 Å². The first-order chi connectivity index (χ1) is 9.11. The molecule has 5 nitrogen and oxygen atoms in total. The molecule has 0 radical (unpaired) electrons. The molecule has 0 spiro atoms. The lowest BCUT2D eigenvalue weighted by Crippen LogP contribution is -2.27. The topological polar surface area (TPSA) is 51.0 Å². The summed E-state index contributed by atoms with van der Waals surface area (Å²) in [6.07, 6.45) is 3.21. The minimum Gasteiger partial charge on any atom is -0.335 e. The van der Waals surface area contributed by atoms with Crippen molar-refractivity contribution in [3.05, 3.63) is 54.6 Å². The SMILES string of the molecule is C=CCN(C)C(=O)c1ncn(-c2cccc(C)c2)n1. The van der Waals surface area contributed by atoms with Gasteiger partial charge in [-0.2, -0.15) is 0 Å². The first kappa shape index (κ1) is 13.0. The number of benzene rings is 1. The Morgan fingerprint density at radius 1 is 1.53 bits per heavy atom. The molecule has 0 N–H and O–H groups in total. The second-order valence-corrected chi connectivity index (χ2v) is 4.33. The van der Waals surface area contributed by atoms with Gasteiger partial charge in [0.15, 0.2) is 0 Å². The molecule has 0 aliphatic carbocycles. The van der Waals surface area contributed by atoms with Gasteiger partial charge in [-0.05, 0) is 24.6 Å². The van der Waals surface area contributed by atoms with Gasteiger partial charge in [0.25, 0.3) is 5.91 Å². The van der Waals surface area contributed by atoms with Crippen LogP contribution in [0.4, 0.5) is 0 Å². The summed E-state index contributed by atoms with van der Waals surface area (Å²) in [5, 5.41) is 4.20. The van der Waals surface area contributed by atoms with Crippen LogP contribution in [-0.2, 0) is 0 Å². The number of aromatic nitrogens is 3. The number of carbonyl (C=O) groups excluding carboxylic acids is 1. The van der Waals surface area contributed by atoms with Gasteiger partial charge in [0, 0.05) is 13.6 Å². The van der Waals surface area contributed by atoms with E-state index in [4.69, 9.17) is 0 Å². The Morgan fingerprint density at radius 2 is 2.32 bits per heavy atom. The number of likely N-dealkylation sites (N-methyl/N-ethyl adjacent to an activating group) is 1. The maximum Gasteiger partial charge on any atom is 0.293 e. The third kappa shape index (κ3) is 2.88. The molecule has 1 aromatic heterocycles. The third-order valence-corrected chi connectivity index (χ3v) is 2.70. The Labute approximate surface area is 112 Å². The summed E-state index contributed by atoms with van der Waals surface area (Å²) in [6, 6.07) is 7.85. The summed E-state index contributed by atoms with van der Waals surface area (Å²) in [5.41, 5.74) is 2.02. The molecule has 0 aliphatic rings. The van der Waals surface area contributed by atoms with Crippen molar-refractivity contribution in [3.8, 4) is 5.69 Å². The van der Waals surface area contributed by atoms with Crippen LogP contribution in [0.5, 0.6) is 0 Å². The van der Waals surface area contributed by atoms with E-state index in [2.05, 4.69) is 16.7 Å². The molecular formula is C14H16N4O. The van der Waals surface area contributed by atoms with E-state index in [1.54, 1.807) is 24.1 Å². The van der Waals surface area contributed by atoms with Crippen molar-refractivity contribution in [1.29, 1.82) is 0 Å². The van der Waals surface area contributed by atoms with Gasteiger partial charge in [-0.3, -0.25) is 4.79 Å². The van der Waals surface area contributed by atoms with Crippen LogP contribution in [0.25, 0.3) is 5.69 Å². The third-order valence-electron chi connectivity index (χ3n) is 2.70. The van der Waals surface area contributed by atoms with Crippen molar-refractivity contribution in [2.45, 2.75) is 6.92 Å². The molecule has 0 saturated heterocycles. The molecule has 0 fully saturated rings. The van der Waals surface area contributed by atoms with E-state index in [0.29, 0.717) is 6.54 Å². The van der Waals surface area contributed by atoms with Crippen LogP contribution in [-0.4, -0.2) is 39.2 Å². The van der Waals surface area contributed by atoms with Crippen molar-refractivity contribution in [1.82, 2.24) is 19.7 Å². The molecular weight excluding hydrogens is 240 g/mol. The summed E-state index contributed by atoms with van der Waals surface area (Å²) in [4.78, 5) is 17.6. The van der Waals surface area contributed by atoms with E-state index < -0.39 is 0 Å². The predicted octanol–water partition coefficient (Wildman–Crippen LogP) is 1.83. The monoisotopic (exact) mass is 256 g/mol. The largest absolute Gasteiger partial charge is 0.335 e. The molecule has 2 rings (SSSR count). The van der Waals surface area contributed by atoms with Crippen LogP contribution >= 0.6 is 0 Å². The van der Waals surface area contributed by atoms with Crippen LogP contribution < -0.4 is 0 Å². The number of nitrogens with zero attached hydrogens (tertiary/aromatic N) is 4. The number of amides is 1. The van der Waals surface area contributed by atoms with E-state index in [1.807, 2.05) is 31.2 Å². The second kappa shape index (κ2) is 5.48. The highest BCUT2D eigenvalue weighted by Crippen LogP contribution is 2.09. The van der Waals surface area contributed by atoms with E-state index in [-0.39, 0.29) is 11.7 Å². The minimum absolute atomic E-state index is 0.186. The van der Waals surface area contributed by atoms with Crippen LogP contribution in [0.15, 0.2) is 43.2 Å². The average molecular weight is 256 g/mol. The minimum atomic E-state index is -0.216. The fourth-order valence-corrected chi connectivity index (χ4v) is 1.70. The van der Waals surface area contributed by atoms with Crippen molar-refractivity contribution in [2.24, 2.45) is 0 Å². The number of carbonyl (C=O) groups is 1. The second-order valence-electron chi connectivity index (χ2n) is 4.33. The molecule has 0 aliphatic heterocycles. The van der Waals surface area contributed by atoms with E-state index in [0.717, 1.165) is 11.3 Å². The van der Waals surface area contributed by atoms with E-state index in [9.17, 15) is 4.79 Å². The maximum atomic E-state index is 12.0. The summed E-state index contributed by atoms with van der Waals surface area (Å²) >= 11 is 0. The Hall–Kier alpha value is -2.43. The first-order valence-electron chi connectivity index (χ1n) is 5.97. The Bertz CT molecular complexity index is 603. The van der Waals surface area contributed by atoms with Crippen molar-refractivity contribution < 1.29 is 4.79 Å². The highest BCUT2D eigenvalue weighted by molar-refractivity contribution is 5.90. The van der Waals surface area contributed by atoms with Crippen LogP contribution in [0.2, 0.25) is 0 Å². The van der Waals surface area contributed by atoms with E-state index >= 15 is 0 Å².